The zero-order chi connectivity index (χ0) is 13.2. The van der Waals surface area contributed by atoms with Crippen LogP contribution in [0.3, 0.4) is 0 Å². The van der Waals surface area contributed by atoms with E-state index in [4.69, 9.17) is 11.5 Å². The van der Waals surface area contributed by atoms with Crippen LogP contribution in [0.2, 0.25) is 0 Å². The average Bonchev–Trinajstić information content (AvgIpc) is 2.39. The van der Waals surface area contributed by atoms with Gasteiger partial charge in [-0.25, -0.2) is 0 Å². The number of amides is 2. The number of hydrogen-bond donors (Lipinski definition) is 2. The molecule has 2 amide bonds. The molecule has 0 aromatic heterocycles. The van der Waals surface area contributed by atoms with Crippen molar-refractivity contribution < 1.29 is 9.59 Å². The van der Waals surface area contributed by atoms with Crippen molar-refractivity contribution in [1.82, 2.24) is 0 Å². The second-order valence-electron chi connectivity index (χ2n) is 6.03. The van der Waals surface area contributed by atoms with E-state index in [9.17, 15) is 9.59 Å². The maximum Gasteiger partial charge on any atom is 0.223 e. The van der Waals surface area contributed by atoms with E-state index in [1.54, 1.807) is 0 Å². The lowest BCUT2D eigenvalue weighted by Gasteiger charge is -2.44. The molecule has 2 aliphatic carbocycles. The number of hydrogen-bond acceptors (Lipinski definition) is 2. The monoisotopic (exact) mass is 252 g/mol. The summed E-state index contributed by atoms with van der Waals surface area (Å²) >= 11 is 0. The summed E-state index contributed by atoms with van der Waals surface area (Å²) in [6.45, 7) is 0. The summed E-state index contributed by atoms with van der Waals surface area (Å²) in [5.41, 5.74) is 10.7. The predicted molar refractivity (Wildman–Crippen MR) is 69.4 cm³/mol. The standard InChI is InChI=1S/C14H24N2O2/c15-12(17)10-6-8-14(9-7-10,13(16)18)11-4-2-1-3-5-11/h10-11H,1-9H2,(H2,15,17)(H2,16,18). The van der Waals surface area contributed by atoms with Crippen LogP contribution in [0.15, 0.2) is 0 Å². The molecule has 4 nitrogen and oxygen atoms in total. The Bertz CT molecular complexity index is 327. The summed E-state index contributed by atoms with van der Waals surface area (Å²) in [4.78, 5) is 23.2. The highest BCUT2D eigenvalue weighted by Crippen LogP contribution is 2.49. The van der Waals surface area contributed by atoms with E-state index in [1.807, 2.05) is 0 Å². The second-order valence-corrected chi connectivity index (χ2v) is 6.03. The van der Waals surface area contributed by atoms with Gasteiger partial charge in [-0.05, 0) is 44.4 Å². The van der Waals surface area contributed by atoms with Gasteiger partial charge in [0.1, 0.15) is 0 Å². The number of carbonyl (C=O) groups excluding carboxylic acids is 2. The van der Waals surface area contributed by atoms with Crippen LogP contribution in [-0.2, 0) is 9.59 Å². The van der Waals surface area contributed by atoms with Gasteiger partial charge in [-0.2, -0.15) is 0 Å². The third-order valence-corrected chi connectivity index (χ3v) is 5.16. The average molecular weight is 252 g/mol. The van der Waals surface area contributed by atoms with E-state index < -0.39 is 0 Å². The molecule has 2 rings (SSSR count). The maximum absolute atomic E-state index is 12.0. The lowest BCUT2D eigenvalue weighted by Crippen LogP contribution is -2.47. The van der Waals surface area contributed by atoms with Gasteiger partial charge in [0.25, 0.3) is 0 Å². The van der Waals surface area contributed by atoms with Gasteiger partial charge in [-0.1, -0.05) is 19.3 Å². The van der Waals surface area contributed by atoms with Crippen LogP contribution in [0.25, 0.3) is 0 Å². The van der Waals surface area contributed by atoms with Crippen LogP contribution in [0, 0.1) is 17.3 Å². The Morgan fingerprint density at radius 2 is 1.44 bits per heavy atom. The Labute approximate surface area is 108 Å². The quantitative estimate of drug-likeness (QED) is 0.801. The lowest BCUT2D eigenvalue weighted by molar-refractivity contribution is -0.137. The fourth-order valence-electron chi connectivity index (χ4n) is 3.93. The summed E-state index contributed by atoms with van der Waals surface area (Å²) in [6, 6.07) is 0. The van der Waals surface area contributed by atoms with Crippen LogP contribution < -0.4 is 11.5 Å². The molecule has 2 saturated carbocycles. The number of rotatable bonds is 3. The van der Waals surface area contributed by atoms with Gasteiger partial charge in [0.2, 0.25) is 11.8 Å². The number of nitrogens with two attached hydrogens (primary N) is 2. The molecule has 0 bridgehead atoms. The van der Waals surface area contributed by atoms with Gasteiger partial charge in [0.15, 0.2) is 0 Å². The van der Waals surface area contributed by atoms with Gasteiger partial charge in [0.05, 0.1) is 5.41 Å². The van der Waals surface area contributed by atoms with Crippen LogP contribution in [-0.4, -0.2) is 11.8 Å². The van der Waals surface area contributed by atoms with Crippen molar-refractivity contribution in [2.45, 2.75) is 57.8 Å². The van der Waals surface area contributed by atoms with Gasteiger partial charge >= 0.3 is 0 Å². The number of primary amides is 2. The molecule has 102 valence electrons. The van der Waals surface area contributed by atoms with E-state index in [2.05, 4.69) is 0 Å². The zero-order valence-corrected chi connectivity index (χ0v) is 11.0. The third kappa shape index (κ3) is 2.38. The molecule has 4 heteroatoms. The summed E-state index contributed by atoms with van der Waals surface area (Å²) in [5, 5.41) is 0. The smallest absolute Gasteiger partial charge is 0.223 e. The molecule has 0 saturated heterocycles. The number of carbonyl (C=O) groups is 2. The van der Waals surface area contributed by atoms with Crippen molar-refractivity contribution in [3.8, 4) is 0 Å². The Kier molecular flexibility index (Phi) is 3.93. The highest BCUT2D eigenvalue weighted by Gasteiger charge is 2.47. The molecule has 0 heterocycles. The first kappa shape index (κ1) is 13.4. The summed E-state index contributed by atoms with van der Waals surface area (Å²) in [6.07, 6.45) is 8.88. The van der Waals surface area contributed by atoms with Gasteiger partial charge in [0, 0.05) is 5.92 Å². The first-order valence-corrected chi connectivity index (χ1v) is 7.15. The Morgan fingerprint density at radius 1 is 0.889 bits per heavy atom. The normalized spacial score (nSPS) is 34.1. The summed E-state index contributed by atoms with van der Waals surface area (Å²) in [5.74, 6) is -0.00678. The third-order valence-electron chi connectivity index (χ3n) is 5.16. The van der Waals surface area contributed by atoms with Crippen molar-refractivity contribution in [3.63, 3.8) is 0 Å². The summed E-state index contributed by atoms with van der Waals surface area (Å²) in [7, 11) is 0. The van der Waals surface area contributed by atoms with E-state index in [0.29, 0.717) is 5.92 Å². The molecule has 2 aliphatic rings. The van der Waals surface area contributed by atoms with E-state index in [-0.39, 0.29) is 23.1 Å². The molecular formula is C14H24N2O2. The van der Waals surface area contributed by atoms with Crippen LogP contribution >= 0.6 is 0 Å². The fraction of sp³-hybridized carbons (Fsp3) is 0.857. The molecule has 0 radical (unpaired) electrons. The van der Waals surface area contributed by atoms with Crippen LogP contribution in [0.5, 0.6) is 0 Å². The topological polar surface area (TPSA) is 86.2 Å². The molecule has 0 aromatic carbocycles. The first-order chi connectivity index (χ1) is 8.56. The van der Waals surface area contributed by atoms with Crippen molar-refractivity contribution in [2.24, 2.45) is 28.7 Å². The van der Waals surface area contributed by atoms with E-state index in [0.717, 1.165) is 38.5 Å². The molecule has 18 heavy (non-hydrogen) atoms. The Morgan fingerprint density at radius 3 is 1.89 bits per heavy atom. The Hall–Kier alpha value is -1.06. The van der Waals surface area contributed by atoms with Crippen LogP contribution in [0.4, 0.5) is 0 Å². The highest BCUT2D eigenvalue weighted by molar-refractivity contribution is 5.82. The fourth-order valence-corrected chi connectivity index (χ4v) is 3.93. The minimum atomic E-state index is -0.355. The molecule has 2 fully saturated rings. The second kappa shape index (κ2) is 5.29. The molecule has 0 aromatic rings. The summed E-state index contributed by atoms with van der Waals surface area (Å²) < 4.78 is 0. The minimum absolute atomic E-state index is 0.0546. The molecule has 0 atom stereocenters. The highest BCUT2D eigenvalue weighted by atomic mass is 16.1. The van der Waals surface area contributed by atoms with Gasteiger partial charge < -0.3 is 11.5 Å². The van der Waals surface area contributed by atoms with Crippen molar-refractivity contribution in [1.29, 1.82) is 0 Å². The predicted octanol–water partition coefficient (Wildman–Crippen LogP) is 1.71. The van der Waals surface area contributed by atoms with Crippen LogP contribution in [0.1, 0.15) is 57.8 Å². The minimum Gasteiger partial charge on any atom is -0.369 e. The van der Waals surface area contributed by atoms with Gasteiger partial charge in [-0.3, -0.25) is 9.59 Å². The lowest BCUT2D eigenvalue weighted by atomic mass is 9.59. The molecule has 0 aliphatic heterocycles. The van der Waals surface area contributed by atoms with Crippen molar-refractivity contribution >= 4 is 11.8 Å². The molecule has 4 N–H and O–H groups in total. The zero-order valence-electron chi connectivity index (χ0n) is 11.0. The molecular weight excluding hydrogens is 228 g/mol. The van der Waals surface area contributed by atoms with E-state index in [1.165, 1.54) is 19.3 Å². The first-order valence-electron chi connectivity index (χ1n) is 7.15. The molecule has 0 unspecified atom stereocenters. The SMILES string of the molecule is NC(=O)C1CCC(C(N)=O)(C2CCCCC2)CC1. The van der Waals surface area contributed by atoms with Crippen molar-refractivity contribution in [2.75, 3.05) is 0 Å². The Balaban J connectivity index is 2.09. The molecule has 0 spiro atoms. The van der Waals surface area contributed by atoms with E-state index >= 15 is 0 Å². The largest absolute Gasteiger partial charge is 0.369 e. The van der Waals surface area contributed by atoms with Crippen molar-refractivity contribution in [3.05, 3.63) is 0 Å². The van der Waals surface area contributed by atoms with Gasteiger partial charge in [-0.15, -0.1) is 0 Å². The maximum atomic E-state index is 12.0.